The Hall–Kier alpha value is -2.73. The first-order valence-corrected chi connectivity index (χ1v) is 9.35. The van der Waals surface area contributed by atoms with Crippen molar-refractivity contribution in [3.05, 3.63) is 59.7 Å². The Bertz CT molecular complexity index is 935. The molecule has 5 nitrogen and oxygen atoms in total. The molecule has 2 heterocycles. The van der Waals surface area contributed by atoms with Gasteiger partial charge in [-0.05, 0) is 56.1 Å². The first-order valence-electron chi connectivity index (χ1n) is 9.35. The maximum Gasteiger partial charge on any atom is 0.238 e. The van der Waals surface area contributed by atoms with Crippen molar-refractivity contribution in [1.82, 2.24) is 14.9 Å². The van der Waals surface area contributed by atoms with Crippen LogP contribution in [0.1, 0.15) is 36.7 Å². The summed E-state index contributed by atoms with van der Waals surface area (Å²) in [7, 11) is 0. The highest BCUT2D eigenvalue weighted by Gasteiger charge is 2.28. The molecule has 1 amide bonds. The second-order valence-corrected chi connectivity index (χ2v) is 7.15. The highest BCUT2D eigenvalue weighted by Crippen LogP contribution is 2.30. The van der Waals surface area contributed by atoms with Crippen LogP contribution in [0.4, 0.5) is 10.1 Å². The lowest BCUT2D eigenvalue weighted by atomic mass is 10.0. The SMILES string of the molecule is Cc1ccc(F)c(NC(=O)CN2CCCC[C@H]2c2nc3ccccc3[nH]2)c1. The predicted molar refractivity (Wildman–Crippen MR) is 104 cm³/mol. The van der Waals surface area contributed by atoms with Gasteiger partial charge in [0.1, 0.15) is 11.6 Å². The third kappa shape index (κ3) is 3.85. The minimum Gasteiger partial charge on any atom is -0.341 e. The van der Waals surface area contributed by atoms with Gasteiger partial charge in [-0.15, -0.1) is 0 Å². The third-order valence-electron chi connectivity index (χ3n) is 5.08. The van der Waals surface area contributed by atoms with E-state index in [9.17, 15) is 9.18 Å². The number of hydrogen-bond donors (Lipinski definition) is 2. The van der Waals surface area contributed by atoms with Crippen molar-refractivity contribution < 1.29 is 9.18 Å². The van der Waals surface area contributed by atoms with Crippen LogP contribution in [-0.2, 0) is 4.79 Å². The minimum atomic E-state index is -0.415. The van der Waals surface area contributed by atoms with Crippen molar-refractivity contribution in [3.63, 3.8) is 0 Å². The number of likely N-dealkylation sites (tertiary alicyclic amines) is 1. The van der Waals surface area contributed by atoms with Gasteiger partial charge < -0.3 is 10.3 Å². The molecule has 0 aliphatic carbocycles. The molecule has 140 valence electrons. The number of para-hydroxylation sites is 2. The lowest BCUT2D eigenvalue weighted by molar-refractivity contribution is -0.118. The van der Waals surface area contributed by atoms with E-state index >= 15 is 0 Å². The topological polar surface area (TPSA) is 61.0 Å². The Labute approximate surface area is 157 Å². The zero-order chi connectivity index (χ0) is 18.8. The fourth-order valence-electron chi connectivity index (χ4n) is 3.73. The summed E-state index contributed by atoms with van der Waals surface area (Å²) in [6.45, 7) is 2.91. The number of hydrogen-bond acceptors (Lipinski definition) is 3. The number of halogens is 1. The Balaban J connectivity index is 1.50. The molecule has 1 atom stereocenters. The summed E-state index contributed by atoms with van der Waals surface area (Å²) in [4.78, 5) is 22.8. The maximum atomic E-state index is 13.9. The summed E-state index contributed by atoms with van der Waals surface area (Å²) >= 11 is 0. The summed E-state index contributed by atoms with van der Waals surface area (Å²) in [6, 6.07) is 12.7. The monoisotopic (exact) mass is 366 g/mol. The number of nitrogens with one attached hydrogen (secondary N) is 2. The zero-order valence-electron chi connectivity index (χ0n) is 15.3. The van der Waals surface area contributed by atoms with Crippen LogP contribution in [-0.4, -0.2) is 33.9 Å². The number of benzene rings is 2. The van der Waals surface area contributed by atoms with Gasteiger partial charge in [0.15, 0.2) is 0 Å². The molecule has 2 N–H and O–H groups in total. The number of carbonyl (C=O) groups is 1. The Morgan fingerprint density at radius 2 is 2.15 bits per heavy atom. The van der Waals surface area contributed by atoms with E-state index in [2.05, 4.69) is 15.2 Å². The van der Waals surface area contributed by atoms with Crippen LogP contribution in [0.5, 0.6) is 0 Å². The van der Waals surface area contributed by atoms with Gasteiger partial charge in [-0.3, -0.25) is 9.69 Å². The molecular weight excluding hydrogens is 343 g/mol. The fourth-order valence-corrected chi connectivity index (χ4v) is 3.73. The molecule has 1 fully saturated rings. The van der Waals surface area contributed by atoms with Crippen molar-refractivity contribution >= 4 is 22.6 Å². The minimum absolute atomic E-state index is 0.0688. The van der Waals surface area contributed by atoms with Crippen LogP contribution in [0.15, 0.2) is 42.5 Å². The van der Waals surface area contributed by atoms with Gasteiger partial charge in [-0.25, -0.2) is 9.37 Å². The second kappa shape index (κ2) is 7.48. The number of fused-ring (bicyclic) bond motifs is 1. The van der Waals surface area contributed by atoms with Gasteiger partial charge in [0.05, 0.1) is 29.3 Å². The number of imidazole rings is 1. The van der Waals surface area contributed by atoms with Crippen LogP contribution in [0, 0.1) is 12.7 Å². The van der Waals surface area contributed by atoms with E-state index in [1.165, 1.54) is 6.07 Å². The quantitative estimate of drug-likeness (QED) is 0.728. The molecule has 1 saturated heterocycles. The van der Waals surface area contributed by atoms with Crippen molar-refractivity contribution in [2.24, 2.45) is 0 Å². The summed E-state index contributed by atoms with van der Waals surface area (Å²) in [5.74, 6) is 0.273. The van der Waals surface area contributed by atoms with Gasteiger partial charge in [0.2, 0.25) is 5.91 Å². The van der Waals surface area contributed by atoms with E-state index in [0.717, 1.165) is 48.2 Å². The molecule has 0 radical (unpaired) electrons. The Kier molecular flexibility index (Phi) is 4.90. The number of nitrogens with zero attached hydrogens (tertiary/aromatic N) is 2. The molecule has 2 aromatic carbocycles. The van der Waals surface area contributed by atoms with Crippen molar-refractivity contribution in [2.75, 3.05) is 18.4 Å². The van der Waals surface area contributed by atoms with Crippen molar-refractivity contribution in [2.45, 2.75) is 32.2 Å². The average Bonchev–Trinajstić information content (AvgIpc) is 3.09. The molecular formula is C21H23FN4O. The molecule has 1 aliphatic rings. The summed E-state index contributed by atoms with van der Waals surface area (Å²) in [5, 5.41) is 2.71. The molecule has 4 rings (SSSR count). The largest absolute Gasteiger partial charge is 0.341 e. The van der Waals surface area contributed by atoms with Crippen molar-refractivity contribution in [1.29, 1.82) is 0 Å². The van der Waals surface area contributed by atoms with Crippen LogP contribution >= 0.6 is 0 Å². The second-order valence-electron chi connectivity index (χ2n) is 7.15. The number of piperidine rings is 1. The van der Waals surface area contributed by atoms with Gasteiger partial charge in [0.25, 0.3) is 0 Å². The van der Waals surface area contributed by atoms with E-state index in [1.54, 1.807) is 12.1 Å². The molecule has 0 saturated carbocycles. The number of aromatic nitrogens is 2. The van der Waals surface area contributed by atoms with Crippen LogP contribution in [0.2, 0.25) is 0 Å². The van der Waals surface area contributed by atoms with E-state index in [0.29, 0.717) is 0 Å². The van der Waals surface area contributed by atoms with Gasteiger partial charge in [0, 0.05) is 0 Å². The van der Waals surface area contributed by atoms with E-state index in [4.69, 9.17) is 4.98 Å². The Morgan fingerprint density at radius 1 is 1.30 bits per heavy atom. The van der Waals surface area contributed by atoms with Crippen LogP contribution in [0.25, 0.3) is 11.0 Å². The number of anilines is 1. The summed E-state index contributed by atoms with van der Waals surface area (Å²) < 4.78 is 13.9. The average molecular weight is 366 g/mol. The number of aromatic amines is 1. The van der Waals surface area contributed by atoms with Crippen LogP contribution in [0.3, 0.4) is 0 Å². The third-order valence-corrected chi connectivity index (χ3v) is 5.08. The van der Waals surface area contributed by atoms with Gasteiger partial charge in [-0.2, -0.15) is 0 Å². The van der Waals surface area contributed by atoms with Gasteiger partial charge >= 0.3 is 0 Å². The number of H-pyrrole nitrogens is 1. The molecule has 1 aliphatic heterocycles. The molecule has 3 aromatic rings. The van der Waals surface area contributed by atoms with E-state index < -0.39 is 5.82 Å². The first kappa shape index (κ1) is 17.7. The van der Waals surface area contributed by atoms with Crippen LogP contribution < -0.4 is 5.32 Å². The normalized spacial score (nSPS) is 17.9. The maximum absolute atomic E-state index is 13.9. The first-order chi connectivity index (χ1) is 13.1. The highest BCUT2D eigenvalue weighted by atomic mass is 19.1. The smallest absolute Gasteiger partial charge is 0.238 e. The number of aryl methyl sites for hydroxylation is 1. The summed E-state index contributed by atoms with van der Waals surface area (Å²) in [5.41, 5.74) is 3.08. The number of carbonyl (C=O) groups excluding carboxylic acids is 1. The van der Waals surface area contributed by atoms with Crippen molar-refractivity contribution in [3.8, 4) is 0 Å². The highest BCUT2D eigenvalue weighted by molar-refractivity contribution is 5.92. The zero-order valence-corrected chi connectivity index (χ0v) is 15.3. The Morgan fingerprint density at radius 3 is 3.00 bits per heavy atom. The lowest BCUT2D eigenvalue weighted by Gasteiger charge is -2.33. The standard InChI is InChI=1S/C21H23FN4O/c1-14-9-10-15(22)18(12-14)23-20(27)13-26-11-5-4-8-19(26)21-24-16-6-2-3-7-17(16)25-21/h2-3,6-7,9-10,12,19H,4-5,8,11,13H2,1H3,(H,23,27)(H,24,25)/t19-/m0/s1. The van der Waals surface area contributed by atoms with E-state index in [1.807, 2.05) is 31.2 Å². The molecule has 0 unspecified atom stereocenters. The number of amides is 1. The molecule has 27 heavy (non-hydrogen) atoms. The molecule has 6 heteroatoms. The fraction of sp³-hybridized carbons (Fsp3) is 0.333. The predicted octanol–water partition coefficient (Wildman–Crippen LogP) is 4.18. The molecule has 0 bridgehead atoms. The molecule has 1 aromatic heterocycles. The molecule has 0 spiro atoms. The van der Waals surface area contributed by atoms with E-state index in [-0.39, 0.29) is 24.2 Å². The summed E-state index contributed by atoms with van der Waals surface area (Å²) in [6.07, 6.45) is 3.10. The lowest BCUT2D eigenvalue weighted by Crippen LogP contribution is -2.39. The number of rotatable bonds is 4. The van der Waals surface area contributed by atoms with Gasteiger partial charge in [-0.1, -0.05) is 24.6 Å².